The fraction of sp³-hybridized carbons (Fsp3) is 0.125. The minimum atomic E-state index is -0.295. The summed E-state index contributed by atoms with van der Waals surface area (Å²) in [6, 6.07) is -0.295. The number of thiazole rings is 1. The number of nitrogens with zero attached hydrogens (tertiary/aromatic N) is 3. The maximum Gasteiger partial charge on any atom is 0.324 e. The van der Waals surface area contributed by atoms with Crippen LogP contribution in [0, 0.1) is 6.92 Å². The van der Waals surface area contributed by atoms with Gasteiger partial charge in [-0.3, -0.25) is 5.32 Å². The number of amides is 2. The summed E-state index contributed by atoms with van der Waals surface area (Å²) >= 11 is 3.39. The molecule has 0 aliphatic carbocycles. The summed E-state index contributed by atoms with van der Waals surface area (Å²) in [5.41, 5.74) is 3.15. The smallest absolute Gasteiger partial charge is 0.305 e. The van der Waals surface area contributed by atoms with Gasteiger partial charge >= 0.3 is 6.03 Å². The first-order valence-corrected chi connectivity index (χ1v) is 6.18. The molecule has 0 aromatic carbocycles. The van der Waals surface area contributed by atoms with E-state index in [0.717, 1.165) is 10.7 Å². The number of halogens is 1. The van der Waals surface area contributed by atoms with Crippen molar-refractivity contribution >= 4 is 50.9 Å². The van der Waals surface area contributed by atoms with Crippen LogP contribution in [0.3, 0.4) is 0 Å². The van der Waals surface area contributed by atoms with E-state index in [9.17, 15) is 4.79 Å². The van der Waals surface area contributed by atoms with Crippen molar-refractivity contribution in [3.8, 4) is 0 Å². The highest BCUT2D eigenvalue weighted by Gasteiger charge is 2.07. The second kappa shape index (κ2) is 4.78. The van der Waals surface area contributed by atoms with Gasteiger partial charge in [0.2, 0.25) is 0 Å². The van der Waals surface area contributed by atoms with Crippen LogP contribution in [-0.4, -0.2) is 19.0 Å². The van der Waals surface area contributed by atoms with Gasteiger partial charge in [0, 0.05) is 0 Å². The van der Waals surface area contributed by atoms with E-state index in [1.807, 2.05) is 29.8 Å². The summed E-state index contributed by atoms with van der Waals surface area (Å²) < 4.78 is 1.59. The van der Waals surface area contributed by atoms with Crippen LogP contribution in [0.5, 0.6) is 0 Å². The maximum atomic E-state index is 11.6. The van der Waals surface area contributed by atoms with Crippen molar-refractivity contribution in [2.75, 3.05) is 10.6 Å². The Morgan fingerprint density at radius 3 is 2.94 bits per heavy atom. The van der Waals surface area contributed by atoms with Gasteiger partial charge < -0.3 is 5.32 Å². The quantitative estimate of drug-likeness (QED) is 0.819. The third-order valence-corrected chi connectivity index (χ3v) is 3.15. The van der Waals surface area contributed by atoms with Gasteiger partial charge in [0.05, 0.1) is 52.2 Å². The van der Waals surface area contributed by atoms with Gasteiger partial charge in [-0.05, 0) is 6.92 Å². The lowest BCUT2D eigenvalue weighted by Gasteiger charge is -2.03. The van der Waals surface area contributed by atoms with E-state index in [-0.39, 0.29) is 6.03 Å². The lowest BCUT2D eigenvalue weighted by molar-refractivity contribution is 0.262. The van der Waals surface area contributed by atoms with E-state index in [4.69, 9.17) is 0 Å². The molecule has 0 radical (unpaired) electrons. The molecular weight excluding hydrogens is 341 g/mol. The normalized spacial score (nSPS) is 10.1. The predicted molar refractivity (Wildman–Crippen MR) is 71.1 cm³/mol. The van der Waals surface area contributed by atoms with Crippen molar-refractivity contribution in [2.24, 2.45) is 0 Å². The third kappa shape index (κ3) is 2.70. The molecule has 0 unspecified atom stereocenters. The molecule has 6 nitrogen and oxygen atoms in total. The monoisotopic (exact) mass is 349 g/mol. The van der Waals surface area contributed by atoms with E-state index in [2.05, 4.69) is 20.7 Å². The van der Waals surface area contributed by atoms with Gasteiger partial charge in [-0.2, -0.15) is 5.10 Å². The van der Waals surface area contributed by atoms with Gasteiger partial charge in [0.1, 0.15) is 5.00 Å². The fourth-order valence-electron chi connectivity index (χ4n) is 1.05. The first kappa shape index (κ1) is 11.3. The highest BCUT2D eigenvalue weighted by atomic mass is 127. The molecule has 0 saturated heterocycles. The Morgan fingerprint density at radius 1 is 1.56 bits per heavy atom. The number of carbonyl (C=O) groups excluding carboxylic acids is 1. The highest BCUT2D eigenvalue weighted by Crippen LogP contribution is 2.19. The van der Waals surface area contributed by atoms with Gasteiger partial charge in [0.15, 0.2) is 0 Å². The van der Waals surface area contributed by atoms with Crippen molar-refractivity contribution in [2.45, 2.75) is 6.92 Å². The molecule has 0 aliphatic rings. The number of aryl methyl sites for hydroxylation is 1. The minimum Gasteiger partial charge on any atom is -0.305 e. The number of hydrogen-bond donors (Lipinski definition) is 2. The van der Waals surface area contributed by atoms with Crippen molar-refractivity contribution in [1.29, 1.82) is 0 Å². The molecule has 2 heterocycles. The molecule has 0 bridgehead atoms. The molecule has 2 N–H and O–H groups in total. The van der Waals surface area contributed by atoms with E-state index >= 15 is 0 Å². The van der Waals surface area contributed by atoms with Crippen LogP contribution in [0.15, 0.2) is 17.9 Å². The van der Waals surface area contributed by atoms with Gasteiger partial charge in [0.25, 0.3) is 0 Å². The van der Waals surface area contributed by atoms with Crippen LogP contribution >= 0.6 is 34.2 Å². The van der Waals surface area contributed by atoms with Crippen LogP contribution in [0.4, 0.5) is 15.5 Å². The zero-order valence-corrected chi connectivity index (χ0v) is 11.2. The Morgan fingerprint density at radius 2 is 2.38 bits per heavy atom. The predicted octanol–water partition coefficient (Wildman–Crippen LogP) is 2.49. The highest BCUT2D eigenvalue weighted by molar-refractivity contribution is 14.1. The Balaban J connectivity index is 1.97. The van der Waals surface area contributed by atoms with Gasteiger partial charge in [-0.15, -0.1) is 11.3 Å². The molecule has 84 valence electrons. The standard InChI is InChI=1S/C8H8IN5OS/c1-5-7(16-4-10-5)13-8(15)12-6-2-11-14(9)3-6/h2-4H,1H3,(H2,12,13,15). The molecule has 2 aromatic rings. The van der Waals surface area contributed by atoms with Crippen LogP contribution in [-0.2, 0) is 0 Å². The second-order valence-corrected chi connectivity index (χ2v) is 4.81. The van der Waals surface area contributed by atoms with Crippen molar-refractivity contribution in [3.05, 3.63) is 23.6 Å². The van der Waals surface area contributed by atoms with E-state index in [1.54, 1.807) is 20.8 Å². The SMILES string of the molecule is Cc1ncsc1NC(=O)Nc1cnn(I)c1. The second-order valence-electron chi connectivity index (χ2n) is 2.96. The molecule has 0 aliphatic heterocycles. The van der Waals surface area contributed by atoms with E-state index in [1.165, 1.54) is 11.3 Å². The topological polar surface area (TPSA) is 71.8 Å². The Kier molecular flexibility index (Phi) is 3.39. The average Bonchev–Trinajstić information content (AvgIpc) is 2.77. The molecular formula is C8H8IN5OS. The number of aromatic nitrogens is 3. The molecule has 2 aromatic heterocycles. The number of hydrogen-bond acceptors (Lipinski definition) is 4. The van der Waals surface area contributed by atoms with Crippen LogP contribution < -0.4 is 10.6 Å². The fourth-order valence-corrected chi connectivity index (χ4v) is 2.17. The van der Waals surface area contributed by atoms with Gasteiger partial charge in [-0.1, -0.05) is 0 Å². The Hall–Kier alpha value is -1.16. The minimum absolute atomic E-state index is 0.295. The van der Waals surface area contributed by atoms with E-state index in [0.29, 0.717) is 5.69 Å². The largest absolute Gasteiger partial charge is 0.324 e. The molecule has 16 heavy (non-hydrogen) atoms. The maximum absolute atomic E-state index is 11.6. The summed E-state index contributed by atoms with van der Waals surface area (Å²) in [7, 11) is 0. The van der Waals surface area contributed by atoms with Crippen molar-refractivity contribution < 1.29 is 4.79 Å². The van der Waals surface area contributed by atoms with Crippen LogP contribution in [0.1, 0.15) is 5.69 Å². The first-order chi connectivity index (χ1) is 7.65. The Bertz CT molecular complexity index is 508. The molecule has 8 heteroatoms. The number of nitrogens with one attached hydrogen (secondary N) is 2. The first-order valence-electron chi connectivity index (χ1n) is 4.34. The molecule has 0 fully saturated rings. The molecule has 2 amide bonds. The van der Waals surface area contributed by atoms with Gasteiger partial charge in [-0.25, -0.2) is 12.7 Å². The number of anilines is 2. The molecule has 2 rings (SSSR count). The summed E-state index contributed by atoms with van der Waals surface area (Å²) in [5.74, 6) is 0. The number of urea groups is 1. The van der Waals surface area contributed by atoms with Crippen LogP contribution in [0.25, 0.3) is 0 Å². The third-order valence-electron chi connectivity index (χ3n) is 1.78. The lowest BCUT2D eigenvalue weighted by Crippen LogP contribution is -2.18. The summed E-state index contributed by atoms with van der Waals surface area (Å²) in [4.78, 5) is 15.6. The zero-order valence-electron chi connectivity index (χ0n) is 8.27. The van der Waals surface area contributed by atoms with Crippen LogP contribution in [0.2, 0.25) is 0 Å². The summed E-state index contributed by atoms with van der Waals surface area (Å²) in [5, 5.41) is 10.1. The van der Waals surface area contributed by atoms with Crippen molar-refractivity contribution in [1.82, 2.24) is 13.0 Å². The number of carbonyl (C=O) groups is 1. The summed E-state index contributed by atoms with van der Waals surface area (Å²) in [6.45, 7) is 1.84. The Labute approximate surface area is 110 Å². The lowest BCUT2D eigenvalue weighted by atomic mass is 10.5. The zero-order chi connectivity index (χ0) is 11.5. The molecule has 0 saturated carbocycles. The molecule has 0 atom stereocenters. The number of rotatable bonds is 2. The van der Waals surface area contributed by atoms with Crippen molar-refractivity contribution in [3.63, 3.8) is 0 Å². The van der Waals surface area contributed by atoms with E-state index < -0.39 is 0 Å². The summed E-state index contributed by atoms with van der Waals surface area (Å²) in [6.07, 6.45) is 3.28. The average molecular weight is 349 g/mol. The molecule has 0 spiro atoms.